The van der Waals surface area contributed by atoms with Crippen molar-refractivity contribution in [1.82, 2.24) is 0 Å². The molecule has 12 heavy (non-hydrogen) atoms. The summed E-state index contributed by atoms with van der Waals surface area (Å²) >= 11 is 1.55. The Balaban J connectivity index is 2.66. The Kier molecular flexibility index (Phi) is 2.87. The van der Waals surface area contributed by atoms with Crippen molar-refractivity contribution in [3.05, 3.63) is 22.4 Å². The predicted molar refractivity (Wildman–Crippen MR) is 50.6 cm³/mol. The molecular formula is C7H11NO2S2. The van der Waals surface area contributed by atoms with Crippen molar-refractivity contribution in [2.24, 2.45) is 5.14 Å². The summed E-state index contributed by atoms with van der Waals surface area (Å²) in [7, 11) is -3.37. The van der Waals surface area contributed by atoms with Crippen LogP contribution in [0.25, 0.3) is 0 Å². The molecule has 1 aromatic rings. The van der Waals surface area contributed by atoms with Gasteiger partial charge in [0.15, 0.2) is 0 Å². The molecule has 5 heteroatoms. The average Bonchev–Trinajstić information content (AvgIpc) is 2.37. The highest BCUT2D eigenvalue weighted by Gasteiger charge is 2.15. The molecule has 1 rings (SSSR count). The van der Waals surface area contributed by atoms with E-state index in [1.54, 1.807) is 18.3 Å². The predicted octanol–water partition coefficient (Wildman–Crippen LogP) is 0.968. The van der Waals surface area contributed by atoms with Crippen molar-refractivity contribution in [2.45, 2.75) is 18.6 Å². The van der Waals surface area contributed by atoms with Crippen LogP contribution in [-0.4, -0.2) is 13.7 Å². The van der Waals surface area contributed by atoms with E-state index in [0.717, 1.165) is 4.88 Å². The molecule has 1 atom stereocenters. The van der Waals surface area contributed by atoms with Gasteiger partial charge in [-0.15, -0.1) is 11.3 Å². The standard InChI is InChI=1S/C7H11NO2S2/c1-6(12(8,9)10)5-7-3-2-4-11-7/h2-4,6H,5H2,1H3,(H2,8,9,10). The molecule has 1 aromatic heterocycles. The van der Waals surface area contributed by atoms with Crippen LogP contribution in [0.1, 0.15) is 11.8 Å². The van der Waals surface area contributed by atoms with Gasteiger partial charge in [-0.3, -0.25) is 0 Å². The van der Waals surface area contributed by atoms with Gasteiger partial charge in [0.1, 0.15) is 0 Å². The van der Waals surface area contributed by atoms with E-state index >= 15 is 0 Å². The Hall–Kier alpha value is -0.390. The van der Waals surface area contributed by atoms with Gasteiger partial charge in [0.2, 0.25) is 10.0 Å². The summed E-state index contributed by atoms with van der Waals surface area (Å²) in [5.41, 5.74) is 0. The molecule has 1 unspecified atom stereocenters. The van der Waals surface area contributed by atoms with Crippen molar-refractivity contribution in [2.75, 3.05) is 0 Å². The van der Waals surface area contributed by atoms with Gasteiger partial charge in [-0.05, 0) is 24.8 Å². The summed E-state index contributed by atoms with van der Waals surface area (Å²) in [5.74, 6) is 0. The zero-order chi connectivity index (χ0) is 9.19. The van der Waals surface area contributed by atoms with Gasteiger partial charge in [-0.1, -0.05) is 6.07 Å². The maximum Gasteiger partial charge on any atom is 0.212 e. The van der Waals surface area contributed by atoms with Crippen molar-refractivity contribution in [3.63, 3.8) is 0 Å². The summed E-state index contributed by atoms with van der Waals surface area (Å²) in [4.78, 5) is 1.05. The molecule has 1 heterocycles. The maximum atomic E-state index is 10.8. The highest BCUT2D eigenvalue weighted by Crippen LogP contribution is 2.13. The third kappa shape index (κ3) is 2.58. The normalized spacial score (nSPS) is 14.5. The molecule has 0 bridgehead atoms. The summed E-state index contributed by atoms with van der Waals surface area (Å²) < 4.78 is 21.7. The Morgan fingerprint density at radius 3 is 2.75 bits per heavy atom. The fourth-order valence-corrected chi connectivity index (χ4v) is 2.18. The largest absolute Gasteiger partial charge is 0.228 e. The van der Waals surface area contributed by atoms with E-state index in [4.69, 9.17) is 5.14 Å². The second-order valence-electron chi connectivity index (χ2n) is 2.68. The monoisotopic (exact) mass is 205 g/mol. The van der Waals surface area contributed by atoms with Crippen LogP contribution in [0.15, 0.2) is 17.5 Å². The lowest BCUT2D eigenvalue weighted by atomic mass is 10.3. The third-order valence-electron chi connectivity index (χ3n) is 1.63. The topological polar surface area (TPSA) is 60.2 Å². The van der Waals surface area contributed by atoms with E-state index in [2.05, 4.69) is 0 Å². The summed E-state index contributed by atoms with van der Waals surface area (Å²) in [6.07, 6.45) is 0.510. The van der Waals surface area contributed by atoms with Crippen molar-refractivity contribution in [1.29, 1.82) is 0 Å². The zero-order valence-corrected chi connectivity index (χ0v) is 8.36. The zero-order valence-electron chi connectivity index (χ0n) is 6.73. The first-order valence-electron chi connectivity index (χ1n) is 3.54. The molecule has 0 amide bonds. The number of primary sulfonamides is 1. The summed E-state index contributed by atoms with van der Waals surface area (Å²) in [6, 6.07) is 3.81. The number of nitrogens with two attached hydrogens (primary N) is 1. The number of hydrogen-bond donors (Lipinski definition) is 1. The second-order valence-corrected chi connectivity index (χ2v) is 5.70. The van der Waals surface area contributed by atoms with Gasteiger partial charge in [0.05, 0.1) is 5.25 Å². The fraction of sp³-hybridized carbons (Fsp3) is 0.429. The van der Waals surface area contributed by atoms with Crippen LogP contribution in [0.2, 0.25) is 0 Å². The van der Waals surface area contributed by atoms with Crippen LogP contribution in [0.3, 0.4) is 0 Å². The molecule has 0 saturated carbocycles. The maximum absolute atomic E-state index is 10.8. The molecule has 0 fully saturated rings. The first kappa shape index (κ1) is 9.70. The van der Waals surface area contributed by atoms with Crippen LogP contribution in [0.4, 0.5) is 0 Å². The minimum Gasteiger partial charge on any atom is -0.228 e. The minimum atomic E-state index is -3.37. The molecule has 0 aromatic carbocycles. The minimum absolute atomic E-state index is 0.490. The van der Waals surface area contributed by atoms with E-state index in [0.29, 0.717) is 6.42 Å². The van der Waals surface area contributed by atoms with E-state index in [1.807, 2.05) is 17.5 Å². The summed E-state index contributed by atoms with van der Waals surface area (Å²) in [6.45, 7) is 1.62. The smallest absolute Gasteiger partial charge is 0.212 e. The first-order chi connectivity index (χ1) is 5.50. The Labute approximate surface area is 76.3 Å². The van der Waals surface area contributed by atoms with Gasteiger partial charge >= 0.3 is 0 Å². The highest BCUT2D eigenvalue weighted by molar-refractivity contribution is 7.89. The van der Waals surface area contributed by atoms with Crippen LogP contribution in [-0.2, 0) is 16.4 Å². The quantitative estimate of drug-likeness (QED) is 0.799. The Morgan fingerprint density at radius 2 is 2.33 bits per heavy atom. The molecule has 0 aliphatic heterocycles. The molecule has 0 aliphatic carbocycles. The lowest BCUT2D eigenvalue weighted by Gasteiger charge is -2.05. The van der Waals surface area contributed by atoms with Crippen LogP contribution in [0.5, 0.6) is 0 Å². The van der Waals surface area contributed by atoms with E-state index in [-0.39, 0.29) is 0 Å². The van der Waals surface area contributed by atoms with Crippen molar-refractivity contribution < 1.29 is 8.42 Å². The molecule has 0 radical (unpaired) electrons. The number of thiophene rings is 1. The van der Waals surface area contributed by atoms with Crippen LogP contribution in [0, 0.1) is 0 Å². The van der Waals surface area contributed by atoms with Crippen LogP contribution < -0.4 is 5.14 Å². The summed E-state index contributed by atoms with van der Waals surface area (Å²) in [5, 5.41) is 6.40. The number of hydrogen-bond acceptors (Lipinski definition) is 3. The van der Waals surface area contributed by atoms with Gasteiger partial charge in [-0.2, -0.15) is 0 Å². The molecule has 2 N–H and O–H groups in total. The van der Waals surface area contributed by atoms with Crippen molar-refractivity contribution in [3.8, 4) is 0 Å². The fourth-order valence-electron chi connectivity index (χ4n) is 0.828. The van der Waals surface area contributed by atoms with Gasteiger partial charge in [0, 0.05) is 4.88 Å². The number of sulfonamides is 1. The second kappa shape index (κ2) is 3.55. The van der Waals surface area contributed by atoms with E-state index in [1.165, 1.54) is 0 Å². The van der Waals surface area contributed by atoms with Gasteiger partial charge in [-0.25, -0.2) is 13.6 Å². The lowest BCUT2D eigenvalue weighted by Crippen LogP contribution is -2.27. The molecule has 68 valence electrons. The van der Waals surface area contributed by atoms with Crippen LogP contribution >= 0.6 is 11.3 Å². The average molecular weight is 205 g/mol. The number of rotatable bonds is 3. The van der Waals surface area contributed by atoms with Crippen molar-refractivity contribution >= 4 is 21.4 Å². The van der Waals surface area contributed by atoms with Gasteiger partial charge in [0.25, 0.3) is 0 Å². The Bertz CT molecular complexity index is 328. The highest BCUT2D eigenvalue weighted by atomic mass is 32.2. The Morgan fingerprint density at radius 1 is 1.67 bits per heavy atom. The molecule has 3 nitrogen and oxygen atoms in total. The van der Waals surface area contributed by atoms with E-state index < -0.39 is 15.3 Å². The molecule has 0 spiro atoms. The van der Waals surface area contributed by atoms with Gasteiger partial charge < -0.3 is 0 Å². The van der Waals surface area contributed by atoms with E-state index in [9.17, 15) is 8.42 Å². The SMILES string of the molecule is CC(Cc1cccs1)S(N)(=O)=O. The third-order valence-corrected chi connectivity index (χ3v) is 3.82. The molecular weight excluding hydrogens is 194 g/mol. The first-order valence-corrected chi connectivity index (χ1v) is 6.03. The molecule has 0 saturated heterocycles. The molecule has 0 aliphatic rings. The lowest BCUT2D eigenvalue weighted by molar-refractivity contribution is 0.585.